The molecule has 0 radical (unpaired) electrons. The van der Waals surface area contributed by atoms with Crippen LogP contribution in [-0.4, -0.2) is 33.3 Å². The fourth-order valence-corrected chi connectivity index (χ4v) is 4.00. The van der Waals surface area contributed by atoms with Gasteiger partial charge in [0.1, 0.15) is 0 Å². The Kier molecular flexibility index (Phi) is 5.44. The Labute approximate surface area is 162 Å². The molecule has 0 saturated carbocycles. The van der Waals surface area contributed by atoms with Crippen LogP contribution in [0.3, 0.4) is 0 Å². The molecule has 1 heterocycles. The van der Waals surface area contributed by atoms with Crippen LogP contribution < -0.4 is 14.9 Å². The van der Waals surface area contributed by atoms with Crippen molar-refractivity contribution in [3.05, 3.63) is 53.6 Å². The summed E-state index contributed by atoms with van der Waals surface area (Å²) in [4.78, 5) is 24.8. The molecule has 2 aromatic carbocycles. The van der Waals surface area contributed by atoms with Crippen LogP contribution in [0.25, 0.3) is 0 Å². The molecule has 2 N–H and O–H groups in total. The van der Waals surface area contributed by atoms with Crippen molar-refractivity contribution in [3.63, 3.8) is 0 Å². The van der Waals surface area contributed by atoms with Crippen LogP contribution in [0.4, 0.5) is 11.4 Å². The number of nitrogens with one attached hydrogen (secondary N) is 2. The lowest BCUT2D eigenvalue weighted by Gasteiger charge is -2.21. The number of sulfonamides is 1. The van der Waals surface area contributed by atoms with Gasteiger partial charge < -0.3 is 10.2 Å². The summed E-state index contributed by atoms with van der Waals surface area (Å²) in [6.07, 6.45) is 0.148. The predicted molar refractivity (Wildman–Crippen MR) is 103 cm³/mol. The highest BCUT2D eigenvalue weighted by Crippen LogP contribution is 2.25. The Morgan fingerprint density at radius 3 is 2.61 bits per heavy atom. The van der Waals surface area contributed by atoms with Crippen molar-refractivity contribution >= 4 is 33.2 Å². The predicted octanol–water partition coefficient (Wildman–Crippen LogP) is 1.38. The molecular weight excluding hydrogens is 380 g/mol. The summed E-state index contributed by atoms with van der Waals surface area (Å²) in [5.74, 6) is -0.414. The van der Waals surface area contributed by atoms with E-state index >= 15 is 0 Å². The number of hydrogen-bond acceptors (Lipinski definition) is 5. The third-order valence-electron chi connectivity index (χ3n) is 4.33. The van der Waals surface area contributed by atoms with Crippen molar-refractivity contribution in [1.29, 1.82) is 5.26 Å². The van der Waals surface area contributed by atoms with Gasteiger partial charge in [-0.1, -0.05) is 0 Å². The molecule has 0 aliphatic carbocycles. The first-order valence-corrected chi connectivity index (χ1v) is 9.99. The first-order valence-electron chi connectivity index (χ1n) is 8.51. The van der Waals surface area contributed by atoms with Crippen molar-refractivity contribution in [3.8, 4) is 6.07 Å². The fraction of sp³-hybridized carbons (Fsp3) is 0.211. The number of nitriles is 1. The molecule has 0 fully saturated rings. The Bertz CT molecular complexity index is 1070. The molecule has 0 saturated heterocycles. The quantitative estimate of drug-likeness (QED) is 0.762. The number of benzene rings is 2. The molecule has 2 amide bonds. The van der Waals surface area contributed by atoms with E-state index in [9.17, 15) is 18.0 Å². The topological polar surface area (TPSA) is 119 Å². The van der Waals surface area contributed by atoms with E-state index in [1.165, 1.54) is 24.0 Å². The third-order valence-corrected chi connectivity index (χ3v) is 5.79. The Balaban J connectivity index is 1.68. The number of anilines is 2. The van der Waals surface area contributed by atoms with E-state index in [-0.39, 0.29) is 36.2 Å². The number of carbonyl (C=O) groups is 2. The van der Waals surface area contributed by atoms with E-state index in [1.807, 2.05) is 6.07 Å². The minimum atomic E-state index is -3.78. The molecule has 9 heteroatoms. The molecule has 8 nitrogen and oxygen atoms in total. The van der Waals surface area contributed by atoms with Crippen LogP contribution in [0.5, 0.6) is 0 Å². The number of fused-ring (bicyclic) bond motifs is 1. The molecule has 144 valence electrons. The number of carbonyl (C=O) groups excluding carboxylic acids is 2. The normalized spacial score (nSPS) is 12.8. The maximum atomic E-state index is 12.5. The van der Waals surface area contributed by atoms with Crippen LogP contribution in [0, 0.1) is 11.3 Å². The molecule has 0 aromatic heterocycles. The van der Waals surface area contributed by atoms with E-state index in [4.69, 9.17) is 5.26 Å². The monoisotopic (exact) mass is 398 g/mol. The van der Waals surface area contributed by atoms with Crippen molar-refractivity contribution in [2.75, 3.05) is 23.3 Å². The van der Waals surface area contributed by atoms with Gasteiger partial charge in [0.25, 0.3) is 0 Å². The van der Waals surface area contributed by atoms with Crippen molar-refractivity contribution in [1.82, 2.24) is 4.72 Å². The maximum absolute atomic E-state index is 12.5. The van der Waals surface area contributed by atoms with Gasteiger partial charge in [-0.25, -0.2) is 13.1 Å². The molecule has 28 heavy (non-hydrogen) atoms. The van der Waals surface area contributed by atoms with Crippen molar-refractivity contribution in [2.45, 2.75) is 18.2 Å². The number of amides is 2. The molecule has 3 rings (SSSR count). The van der Waals surface area contributed by atoms with E-state index in [0.717, 1.165) is 0 Å². The number of nitrogens with zero attached hydrogens (tertiary/aromatic N) is 2. The van der Waals surface area contributed by atoms with Crippen molar-refractivity contribution < 1.29 is 18.0 Å². The zero-order valence-corrected chi connectivity index (χ0v) is 15.9. The minimum absolute atomic E-state index is 0.0101. The molecule has 0 bridgehead atoms. The van der Waals surface area contributed by atoms with Gasteiger partial charge in [0.2, 0.25) is 21.8 Å². The smallest absolute Gasteiger partial charge is 0.240 e. The Morgan fingerprint density at radius 2 is 1.96 bits per heavy atom. The molecule has 1 aliphatic rings. The summed E-state index contributed by atoms with van der Waals surface area (Å²) in [5, 5.41) is 11.5. The van der Waals surface area contributed by atoms with Gasteiger partial charge in [-0.15, -0.1) is 0 Å². The lowest BCUT2D eigenvalue weighted by Crippen LogP contribution is -2.37. The van der Waals surface area contributed by atoms with Crippen molar-refractivity contribution in [2.24, 2.45) is 0 Å². The SMILES string of the molecule is CC(=O)N(CCNS(=O)(=O)c1ccc2c(c1)CC(=O)N2)c1ccc(C#N)cc1. The average molecular weight is 398 g/mol. The summed E-state index contributed by atoms with van der Waals surface area (Å²) in [6.45, 7) is 1.53. The minimum Gasteiger partial charge on any atom is -0.326 e. The van der Waals surface area contributed by atoms with E-state index in [2.05, 4.69) is 10.0 Å². The summed E-state index contributed by atoms with van der Waals surface area (Å²) < 4.78 is 27.5. The second-order valence-corrected chi connectivity index (χ2v) is 8.04. The molecule has 2 aromatic rings. The van der Waals surface area contributed by atoms with Gasteiger partial charge in [-0.05, 0) is 48.0 Å². The standard InChI is InChI=1S/C19H18N4O4S/c1-13(24)23(16-4-2-14(12-20)3-5-16)9-8-21-28(26,27)17-6-7-18-15(10-17)11-19(25)22-18/h2-7,10,21H,8-9,11H2,1H3,(H,22,25). The summed E-state index contributed by atoms with van der Waals surface area (Å²) >= 11 is 0. The van der Waals surface area contributed by atoms with E-state index < -0.39 is 10.0 Å². The molecule has 0 spiro atoms. The van der Waals surface area contributed by atoms with Crippen LogP contribution in [0.1, 0.15) is 18.1 Å². The van der Waals surface area contributed by atoms with Gasteiger partial charge in [0, 0.05) is 31.4 Å². The summed E-state index contributed by atoms with van der Waals surface area (Å²) in [6, 6.07) is 12.9. The first kappa shape index (κ1) is 19.5. The average Bonchev–Trinajstić information content (AvgIpc) is 3.04. The van der Waals surface area contributed by atoms with Gasteiger partial charge in [0.15, 0.2) is 0 Å². The van der Waals surface area contributed by atoms with Crippen LogP contribution >= 0.6 is 0 Å². The largest absolute Gasteiger partial charge is 0.326 e. The van der Waals surface area contributed by atoms with Gasteiger partial charge >= 0.3 is 0 Å². The first-order chi connectivity index (χ1) is 13.3. The number of hydrogen-bond donors (Lipinski definition) is 2. The second-order valence-electron chi connectivity index (χ2n) is 6.27. The molecular formula is C19H18N4O4S. The molecule has 0 atom stereocenters. The maximum Gasteiger partial charge on any atom is 0.240 e. The van der Waals surface area contributed by atoms with Gasteiger partial charge in [0.05, 0.1) is 22.9 Å². The van der Waals surface area contributed by atoms with Crippen LogP contribution in [0.15, 0.2) is 47.4 Å². The van der Waals surface area contributed by atoms with E-state index in [0.29, 0.717) is 22.5 Å². The van der Waals surface area contributed by atoms with Gasteiger partial charge in [-0.2, -0.15) is 5.26 Å². The zero-order chi connectivity index (χ0) is 20.3. The third kappa shape index (κ3) is 4.19. The summed E-state index contributed by atoms with van der Waals surface area (Å²) in [5.41, 5.74) is 2.30. The van der Waals surface area contributed by atoms with Crippen LogP contribution in [-0.2, 0) is 26.0 Å². The summed E-state index contributed by atoms with van der Waals surface area (Å²) in [7, 11) is -3.78. The second kappa shape index (κ2) is 7.80. The lowest BCUT2D eigenvalue weighted by atomic mass is 10.2. The number of rotatable bonds is 6. The Hall–Kier alpha value is -3.22. The van der Waals surface area contributed by atoms with Gasteiger partial charge in [-0.3, -0.25) is 9.59 Å². The Morgan fingerprint density at radius 1 is 1.25 bits per heavy atom. The fourth-order valence-electron chi connectivity index (χ4n) is 2.93. The highest BCUT2D eigenvalue weighted by molar-refractivity contribution is 7.89. The lowest BCUT2D eigenvalue weighted by molar-refractivity contribution is -0.116. The van der Waals surface area contributed by atoms with E-state index in [1.54, 1.807) is 30.3 Å². The molecule has 1 aliphatic heterocycles. The van der Waals surface area contributed by atoms with Crippen LogP contribution in [0.2, 0.25) is 0 Å². The molecule has 0 unspecified atom stereocenters. The highest BCUT2D eigenvalue weighted by Gasteiger charge is 2.22. The zero-order valence-electron chi connectivity index (χ0n) is 15.1. The highest BCUT2D eigenvalue weighted by atomic mass is 32.2.